The number of hydrogen-bond donors (Lipinski definition) is 0. The molecule has 0 saturated carbocycles. The third kappa shape index (κ3) is 5.90. The van der Waals surface area contributed by atoms with Crippen molar-refractivity contribution in [3.8, 4) is 0 Å². The number of carbonyl (C=O) groups is 1. The maximum Gasteiger partial charge on any atom is 0.303 e. The molecule has 0 radical (unpaired) electrons. The molecule has 1 rings (SSSR count). The van der Waals surface area contributed by atoms with Gasteiger partial charge in [-0.2, -0.15) is 0 Å². The van der Waals surface area contributed by atoms with Gasteiger partial charge >= 0.3 is 5.97 Å². The zero-order valence-electron chi connectivity index (χ0n) is 13.5. The Morgan fingerprint density at radius 2 is 2.00 bits per heavy atom. The third-order valence-corrected chi connectivity index (χ3v) is 3.35. The normalized spacial score (nSPS) is 29.3. The minimum absolute atomic E-state index is 0.232. The summed E-state index contributed by atoms with van der Waals surface area (Å²) in [6.45, 7) is 7.35. The van der Waals surface area contributed by atoms with E-state index in [0.29, 0.717) is 26.4 Å². The van der Waals surface area contributed by atoms with Crippen molar-refractivity contribution in [1.82, 2.24) is 0 Å². The average molecular weight is 304 g/mol. The average Bonchev–Trinajstić information content (AvgIpc) is 2.44. The molecule has 1 saturated heterocycles. The maximum atomic E-state index is 11.4. The van der Waals surface area contributed by atoms with Crippen molar-refractivity contribution in [1.29, 1.82) is 0 Å². The molecule has 1 aliphatic rings. The van der Waals surface area contributed by atoms with Crippen LogP contribution in [-0.4, -0.2) is 63.9 Å². The number of esters is 1. The first-order valence-electron chi connectivity index (χ1n) is 7.64. The number of hydrogen-bond acceptors (Lipinski definition) is 6. The topological polar surface area (TPSA) is 63.2 Å². The summed E-state index contributed by atoms with van der Waals surface area (Å²) < 4.78 is 27.9. The molecule has 0 unspecified atom stereocenters. The Morgan fingerprint density at radius 1 is 1.24 bits per heavy atom. The minimum Gasteiger partial charge on any atom is -0.457 e. The van der Waals surface area contributed by atoms with Crippen molar-refractivity contribution in [3.05, 3.63) is 0 Å². The fraction of sp³-hybridized carbons (Fsp3) is 0.933. The molecule has 6 nitrogen and oxygen atoms in total. The van der Waals surface area contributed by atoms with Gasteiger partial charge in [0.25, 0.3) is 0 Å². The molecular formula is C15H28O6. The molecule has 0 aromatic carbocycles. The van der Waals surface area contributed by atoms with Gasteiger partial charge < -0.3 is 23.7 Å². The van der Waals surface area contributed by atoms with Gasteiger partial charge in [0, 0.05) is 27.2 Å². The molecule has 1 aliphatic heterocycles. The van der Waals surface area contributed by atoms with Crippen molar-refractivity contribution >= 4 is 5.97 Å². The first-order chi connectivity index (χ1) is 10.1. The highest BCUT2D eigenvalue weighted by molar-refractivity contribution is 5.66. The highest BCUT2D eigenvalue weighted by Crippen LogP contribution is 2.24. The second kappa shape index (κ2) is 10.1. The summed E-state index contributed by atoms with van der Waals surface area (Å²) in [7, 11) is 1.59. The largest absolute Gasteiger partial charge is 0.457 e. The Bertz CT molecular complexity index is 296. The predicted octanol–water partition coefficient (Wildman–Crippen LogP) is 1.55. The van der Waals surface area contributed by atoms with Crippen LogP contribution in [-0.2, 0) is 28.5 Å². The van der Waals surface area contributed by atoms with Crippen molar-refractivity contribution < 1.29 is 28.5 Å². The predicted molar refractivity (Wildman–Crippen MR) is 77.2 cm³/mol. The summed E-state index contributed by atoms with van der Waals surface area (Å²) >= 11 is 0. The number of ether oxygens (including phenoxy) is 5. The lowest BCUT2D eigenvalue weighted by Crippen LogP contribution is -2.57. The first-order valence-corrected chi connectivity index (χ1v) is 7.64. The second-order valence-electron chi connectivity index (χ2n) is 5.08. The lowest BCUT2D eigenvalue weighted by molar-refractivity contribution is -0.233. The molecule has 21 heavy (non-hydrogen) atoms. The molecule has 0 bridgehead atoms. The summed E-state index contributed by atoms with van der Waals surface area (Å²) in [5.41, 5.74) is 0. The fourth-order valence-electron chi connectivity index (χ4n) is 2.40. The van der Waals surface area contributed by atoms with E-state index in [2.05, 4.69) is 6.92 Å². The molecular weight excluding hydrogens is 276 g/mol. The second-order valence-corrected chi connectivity index (χ2v) is 5.08. The zero-order valence-corrected chi connectivity index (χ0v) is 13.5. The molecule has 4 atom stereocenters. The summed E-state index contributed by atoms with van der Waals surface area (Å²) in [5, 5.41) is 0. The van der Waals surface area contributed by atoms with E-state index in [1.54, 1.807) is 7.11 Å². The van der Waals surface area contributed by atoms with E-state index < -0.39 is 6.10 Å². The quantitative estimate of drug-likeness (QED) is 0.476. The van der Waals surface area contributed by atoms with Crippen LogP contribution < -0.4 is 0 Å². The van der Waals surface area contributed by atoms with Gasteiger partial charge in [-0.15, -0.1) is 0 Å². The van der Waals surface area contributed by atoms with Gasteiger partial charge in [-0.05, 0) is 13.3 Å². The van der Waals surface area contributed by atoms with Gasteiger partial charge in [0.05, 0.1) is 13.2 Å². The van der Waals surface area contributed by atoms with Gasteiger partial charge in [-0.3, -0.25) is 4.79 Å². The lowest BCUT2D eigenvalue weighted by Gasteiger charge is -2.41. The molecule has 124 valence electrons. The van der Waals surface area contributed by atoms with Crippen molar-refractivity contribution in [3.63, 3.8) is 0 Å². The monoisotopic (exact) mass is 304 g/mol. The first kappa shape index (κ1) is 18.4. The van der Waals surface area contributed by atoms with Gasteiger partial charge in [0.2, 0.25) is 0 Å². The molecule has 0 N–H and O–H groups in total. The Labute approximate surface area is 127 Å². The van der Waals surface area contributed by atoms with Crippen LogP contribution >= 0.6 is 0 Å². The smallest absolute Gasteiger partial charge is 0.303 e. The van der Waals surface area contributed by atoms with Crippen LogP contribution in [0, 0.1) is 0 Å². The summed E-state index contributed by atoms with van der Waals surface area (Å²) in [6, 6.07) is 0. The van der Waals surface area contributed by atoms with Gasteiger partial charge in [-0.1, -0.05) is 13.3 Å². The molecule has 1 fully saturated rings. The standard InChI is InChI=1S/C15H28O6/c1-5-7-8-19-14-13(18-6-2)10-20-12(9-17-4)15(14)21-11(3)16/h12-15H,5-10H2,1-4H3/t12-,13+,14-,15-/m1/s1. The van der Waals surface area contributed by atoms with Crippen molar-refractivity contribution in [2.45, 2.75) is 58.0 Å². The van der Waals surface area contributed by atoms with E-state index in [1.165, 1.54) is 6.92 Å². The Hall–Kier alpha value is -0.690. The Morgan fingerprint density at radius 3 is 2.57 bits per heavy atom. The molecule has 0 aliphatic carbocycles. The van der Waals surface area contributed by atoms with Gasteiger partial charge in [0.1, 0.15) is 18.3 Å². The molecule has 0 amide bonds. The summed E-state index contributed by atoms with van der Waals surface area (Å²) in [4.78, 5) is 11.4. The fourth-order valence-corrected chi connectivity index (χ4v) is 2.40. The van der Waals surface area contributed by atoms with Crippen LogP contribution in [0.15, 0.2) is 0 Å². The third-order valence-electron chi connectivity index (χ3n) is 3.35. The Balaban J connectivity index is 2.79. The maximum absolute atomic E-state index is 11.4. The molecule has 0 spiro atoms. The highest BCUT2D eigenvalue weighted by Gasteiger charge is 2.44. The molecule has 1 heterocycles. The van der Waals surface area contributed by atoms with Crippen LogP contribution in [0.3, 0.4) is 0 Å². The van der Waals surface area contributed by atoms with Crippen LogP contribution in [0.4, 0.5) is 0 Å². The zero-order chi connectivity index (χ0) is 15.7. The van der Waals surface area contributed by atoms with Crippen LogP contribution in [0.1, 0.15) is 33.6 Å². The number of carbonyl (C=O) groups excluding carboxylic acids is 1. The summed E-state index contributed by atoms with van der Waals surface area (Å²) in [6.07, 6.45) is 0.602. The van der Waals surface area contributed by atoms with Crippen molar-refractivity contribution in [2.75, 3.05) is 33.5 Å². The molecule has 6 heteroatoms. The van der Waals surface area contributed by atoms with E-state index in [4.69, 9.17) is 23.7 Å². The number of methoxy groups -OCH3 is 1. The lowest BCUT2D eigenvalue weighted by atomic mass is 9.99. The van der Waals surface area contributed by atoms with Crippen LogP contribution in [0.25, 0.3) is 0 Å². The van der Waals surface area contributed by atoms with Crippen molar-refractivity contribution in [2.24, 2.45) is 0 Å². The van der Waals surface area contributed by atoms with E-state index >= 15 is 0 Å². The Kier molecular flexibility index (Phi) is 8.84. The number of rotatable bonds is 9. The number of unbranched alkanes of at least 4 members (excludes halogenated alkanes) is 1. The van der Waals surface area contributed by atoms with E-state index in [0.717, 1.165) is 12.8 Å². The molecule has 0 aromatic rings. The van der Waals surface area contributed by atoms with Crippen LogP contribution in [0.5, 0.6) is 0 Å². The van der Waals surface area contributed by atoms with E-state index in [1.807, 2.05) is 6.92 Å². The molecule has 0 aromatic heterocycles. The summed E-state index contributed by atoms with van der Waals surface area (Å²) in [5.74, 6) is -0.356. The van der Waals surface area contributed by atoms with E-state index in [9.17, 15) is 4.79 Å². The SMILES string of the molecule is CCCCO[C@H]1[C@H](OC(C)=O)[C@@H](COC)OC[C@@H]1OCC. The minimum atomic E-state index is -0.510. The van der Waals surface area contributed by atoms with Gasteiger partial charge in [0.15, 0.2) is 6.10 Å². The highest BCUT2D eigenvalue weighted by atomic mass is 16.6. The van der Waals surface area contributed by atoms with Gasteiger partial charge in [-0.25, -0.2) is 0 Å². The van der Waals surface area contributed by atoms with E-state index in [-0.39, 0.29) is 24.3 Å². The van der Waals surface area contributed by atoms with Crippen LogP contribution in [0.2, 0.25) is 0 Å².